The van der Waals surface area contributed by atoms with E-state index in [1.54, 1.807) is 4.88 Å². The van der Waals surface area contributed by atoms with E-state index in [-0.39, 0.29) is 0 Å². The fourth-order valence-corrected chi connectivity index (χ4v) is 3.77. The van der Waals surface area contributed by atoms with Gasteiger partial charge in [-0.2, -0.15) is 0 Å². The van der Waals surface area contributed by atoms with Crippen LogP contribution in [0.15, 0.2) is 6.58 Å². The highest BCUT2D eigenvalue weighted by Crippen LogP contribution is 2.43. The fraction of sp³-hybridized carbons (Fsp3) is 0.625. The molecule has 0 spiro atoms. The van der Waals surface area contributed by atoms with Crippen molar-refractivity contribution in [1.29, 1.82) is 0 Å². The van der Waals surface area contributed by atoms with Crippen molar-refractivity contribution in [3.63, 3.8) is 0 Å². The van der Waals surface area contributed by atoms with Gasteiger partial charge in [0.25, 0.3) is 0 Å². The Balaban J connectivity index is 2.23. The molecule has 0 amide bonds. The first-order chi connectivity index (χ1) is 7.95. The SMILES string of the molecule is C=Cc1c(C(C)(C)CCC2CC2)sc(C)c1C. The molecule has 17 heavy (non-hydrogen) atoms. The van der Waals surface area contributed by atoms with E-state index in [0.29, 0.717) is 5.41 Å². The summed E-state index contributed by atoms with van der Waals surface area (Å²) < 4.78 is 0. The van der Waals surface area contributed by atoms with Gasteiger partial charge in [0.05, 0.1) is 0 Å². The van der Waals surface area contributed by atoms with E-state index < -0.39 is 0 Å². The highest BCUT2D eigenvalue weighted by atomic mass is 32.1. The molecular formula is C16H24S. The summed E-state index contributed by atoms with van der Waals surface area (Å²) >= 11 is 1.97. The maximum absolute atomic E-state index is 3.99. The molecule has 0 atom stereocenters. The first-order valence-electron chi connectivity index (χ1n) is 6.68. The van der Waals surface area contributed by atoms with Crippen LogP contribution in [-0.2, 0) is 5.41 Å². The Morgan fingerprint density at radius 3 is 2.53 bits per heavy atom. The van der Waals surface area contributed by atoms with E-state index >= 15 is 0 Å². The maximum Gasteiger partial charge on any atom is 0.0179 e. The van der Waals surface area contributed by atoms with Gasteiger partial charge in [-0.1, -0.05) is 39.3 Å². The minimum absolute atomic E-state index is 0.315. The number of thiophene rings is 1. The largest absolute Gasteiger partial charge is 0.144 e. The third-order valence-corrected chi connectivity index (χ3v) is 5.71. The van der Waals surface area contributed by atoms with E-state index in [1.807, 2.05) is 17.4 Å². The molecule has 0 unspecified atom stereocenters. The monoisotopic (exact) mass is 248 g/mol. The van der Waals surface area contributed by atoms with Crippen LogP contribution in [0.1, 0.15) is 60.4 Å². The third-order valence-electron chi connectivity index (χ3n) is 4.13. The maximum atomic E-state index is 3.99. The smallest absolute Gasteiger partial charge is 0.0179 e. The lowest BCUT2D eigenvalue weighted by Crippen LogP contribution is -2.16. The van der Waals surface area contributed by atoms with Gasteiger partial charge in [0.2, 0.25) is 0 Å². The number of aryl methyl sites for hydroxylation is 1. The Hall–Kier alpha value is -0.560. The Morgan fingerprint density at radius 1 is 1.35 bits per heavy atom. The van der Waals surface area contributed by atoms with Gasteiger partial charge in [-0.25, -0.2) is 0 Å². The van der Waals surface area contributed by atoms with E-state index in [1.165, 1.54) is 41.7 Å². The summed E-state index contributed by atoms with van der Waals surface area (Å²) in [6.07, 6.45) is 7.70. The Morgan fingerprint density at radius 2 is 2.00 bits per heavy atom. The zero-order valence-electron chi connectivity index (χ0n) is 11.6. The third kappa shape index (κ3) is 2.65. The highest BCUT2D eigenvalue weighted by molar-refractivity contribution is 7.12. The summed E-state index contributed by atoms with van der Waals surface area (Å²) in [4.78, 5) is 3.00. The molecule has 1 aliphatic rings. The lowest BCUT2D eigenvalue weighted by atomic mass is 9.83. The van der Waals surface area contributed by atoms with Crippen molar-refractivity contribution >= 4 is 17.4 Å². The van der Waals surface area contributed by atoms with Gasteiger partial charge < -0.3 is 0 Å². The molecule has 0 nitrogen and oxygen atoms in total. The van der Waals surface area contributed by atoms with Crippen molar-refractivity contribution < 1.29 is 0 Å². The molecule has 0 saturated heterocycles. The van der Waals surface area contributed by atoms with Gasteiger partial charge in [-0.15, -0.1) is 11.3 Å². The normalized spacial score (nSPS) is 16.2. The first-order valence-corrected chi connectivity index (χ1v) is 7.50. The van der Waals surface area contributed by atoms with Crippen molar-refractivity contribution in [3.8, 4) is 0 Å². The topological polar surface area (TPSA) is 0 Å². The summed E-state index contributed by atoms with van der Waals surface area (Å²) in [5, 5.41) is 0. The van der Waals surface area contributed by atoms with Crippen LogP contribution in [0.25, 0.3) is 6.08 Å². The molecule has 1 saturated carbocycles. The molecular weight excluding hydrogens is 224 g/mol. The van der Waals surface area contributed by atoms with E-state index in [2.05, 4.69) is 34.3 Å². The van der Waals surface area contributed by atoms with Crippen molar-refractivity contribution in [1.82, 2.24) is 0 Å². The van der Waals surface area contributed by atoms with Crippen molar-refractivity contribution in [2.45, 2.75) is 58.8 Å². The minimum Gasteiger partial charge on any atom is -0.144 e. The second-order valence-electron chi connectivity index (χ2n) is 6.10. The molecule has 94 valence electrons. The zero-order valence-corrected chi connectivity index (χ0v) is 12.4. The average molecular weight is 248 g/mol. The van der Waals surface area contributed by atoms with Crippen LogP contribution in [0.4, 0.5) is 0 Å². The quantitative estimate of drug-likeness (QED) is 0.647. The lowest BCUT2D eigenvalue weighted by molar-refractivity contribution is 0.452. The van der Waals surface area contributed by atoms with Gasteiger partial charge in [0.1, 0.15) is 0 Å². The van der Waals surface area contributed by atoms with Gasteiger partial charge in [-0.3, -0.25) is 0 Å². The zero-order chi connectivity index (χ0) is 12.6. The van der Waals surface area contributed by atoms with Crippen LogP contribution in [0.2, 0.25) is 0 Å². The predicted molar refractivity (Wildman–Crippen MR) is 78.9 cm³/mol. The number of hydrogen-bond donors (Lipinski definition) is 0. The standard InChI is InChI=1S/C16H24S/c1-6-14-11(2)12(3)17-15(14)16(4,5)10-9-13-7-8-13/h6,13H,1,7-10H2,2-5H3. The van der Waals surface area contributed by atoms with Gasteiger partial charge >= 0.3 is 0 Å². The van der Waals surface area contributed by atoms with Crippen molar-refractivity contribution in [2.24, 2.45) is 5.92 Å². The Labute approximate surface area is 110 Å². The van der Waals surface area contributed by atoms with E-state index in [0.717, 1.165) is 5.92 Å². The molecule has 1 aliphatic carbocycles. The van der Waals surface area contributed by atoms with Crippen LogP contribution in [-0.4, -0.2) is 0 Å². The van der Waals surface area contributed by atoms with Crippen molar-refractivity contribution in [3.05, 3.63) is 27.5 Å². The predicted octanol–water partition coefficient (Wildman–Crippen LogP) is 5.48. The molecule has 1 aromatic rings. The molecule has 2 rings (SSSR count). The first kappa shape index (κ1) is 12.9. The van der Waals surface area contributed by atoms with Gasteiger partial charge in [-0.05, 0) is 49.1 Å². The molecule has 1 fully saturated rings. The molecule has 0 radical (unpaired) electrons. The minimum atomic E-state index is 0.315. The summed E-state index contributed by atoms with van der Waals surface area (Å²) in [6.45, 7) is 13.2. The molecule has 0 aromatic carbocycles. The fourth-order valence-electron chi connectivity index (χ4n) is 2.48. The van der Waals surface area contributed by atoms with Crippen LogP contribution in [0.3, 0.4) is 0 Å². The molecule has 1 aromatic heterocycles. The Bertz CT molecular complexity index is 419. The van der Waals surface area contributed by atoms with Gasteiger partial charge in [0, 0.05) is 9.75 Å². The summed E-state index contributed by atoms with van der Waals surface area (Å²) in [5.74, 6) is 1.03. The van der Waals surface area contributed by atoms with Crippen LogP contribution < -0.4 is 0 Å². The summed E-state index contributed by atoms with van der Waals surface area (Å²) in [7, 11) is 0. The number of hydrogen-bond acceptors (Lipinski definition) is 1. The highest BCUT2D eigenvalue weighted by Gasteiger charge is 2.30. The molecule has 1 heterocycles. The van der Waals surface area contributed by atoms with Crippen LogP contribution in [0, 0.1) is 19.8 Å². The summed E-state index contributed by atoms with van der Waals surface area (Å²) in [5.41, 5.74) is 3.14. The van der Waals surface area contributed by atoms with Crippen LogP contribution >= 0.6 is 11.3 Å². The molecule has 0 aliphatic heterocycles. The second-order valence-corrected chi connectivity index (χ2v) is 7.32. The lowest BCUT2D eigenvalue weighted by Gasteiger charge is -2.24. The van der Waals surface area contributed by atoms with E-state index in [9.17, 15) is 0 Å². The van der Waals surface area contributed by atoms with Crippen LogP contribution in [0.5, 0.6) is 0 Å². The van der Waals surface area contributed by atoms with Crippen molar-refractivity contribution in [2.75, 3.05) is 0 Å². The summed E-state index contributed by atoms with van der Waals surface area (Å²) in [6, 6.07) is 0. The Kier molecular flexibility index (Phi) is 3.49. The molecule has 0 bridgehead atoms. The second kappa shape index (κ2) is 4.61. The number of rotatable bonds is 5. The van der Waals surface area contributed by atoms with Gasteiger partial charge in [0.15, 0.2) is 0 Å². The van der Waals surface area contributed by atoms with E-state index in [4.69, 9.17) is 0 Å². The molecule has 0 N–H and O–H groups in total. The molecule has 1 heteroatoms. The average Bonchev–Trinajstić information content (AvgIpc) is 3.05.